The second-order valence-corrected chi connectivity index (χ2v) is 4.94. The lowest BCUT2D eigenvalue weighted by Gasteiger charge is -2.07. The van der Waals surface area contributed by atoms with Crippen LogP contribution >= 0.6 is 0 Å². The van der Waals surface area contributed by atoms with E-state index in [-0.39, 0.29) is 0 Å². The Labute approximate surface area is 130 Å². The lowest BCUT2D eigenvalue weighted by Crippen LogP contribution is -2.22. The van der Waals surface area contributed by atoms with Crippen LogP contribution in [0.25, 0.3) is 0 Å². The summed E-state index contributed by atoms with van der Waals surface area (Å²) in [6.07, 6.45) is 0.971. The monoisotopic (exact) mass is 296 g/mol. The molecule has 0 radical (unpaired) electrons. The van der Waals surface area contributed by atoms with Gasteiger partial charge in [0.15, 0.2) is 5.96 Å². The number of primary amides is 1. The summed E-state index contributed by atoms with van der Waals surface area (Å²) in [7, 11) is 0. The van der Waals surface area contributed by atoms with Crippen molar-refractivity contribution in [3.05, 3.63) is 65.2 Å². The van der Waals surface area contributed by atoms with Crippen LogP contribution in [0.1, 0.15) is 28.4 Å². The number of hydrogen-bond donors (Lipinski definition) is 3. The van der Waals surface area contributed by atoms with Gasteiger partial charge in [-0.3, -0.25) is 4.79 Å². The summed E-state index contributed by atoms with van der Waals surface area (Å²) >= 11 is 0. The van der Waals surface area contributed by atoms with Gasteiger partial charge in [0.2, 0.25) is 5.91 Å². The van der Waals surface area contributed by atoms with Gasteiger partial charge in [-0.25, -0.2) is 4.99 Å². The van der Waals surface area contributed by atoms with Crippen molar-refractivity contribution in [2.24, 2.45) is 16.5 Å². The number of nitrogens with two attached hydrogens (primary N) is 2. The van der Waals surface area contributed by atoms with Crippen LogP contribution in [0.15, 0.2) is 53.5 Å². The molecule has 22 heavy (non-hydrogen) atoms. The number of carbonyl (C=O) groups is 1. The minimum atomic E-state index is -0.438. The van der Waals surface area contributed by atoms with Crippen LogP contribution in [0.2, 0.25) is 0 Å². The summed E-state index contributed by atoms with van der Waals surface area (Å²) in [6, 6.07) is 15.0. The SMILES string of the molecule is CCc1cccc(NC(N)=NCc2ccc(C(N)=O)cc2)c1. The number of nitrogens with zero attached hydrogens (tertiary/aromatic N) is 1. The van der Waals surface area contributed by atoms with Crippen LogP contribution in [0.4, 0.5) is 5.69 Å². The van der Waals surface area contributed by atoms with Gasteiger partial charge in [0.25, 0.3) is 0 Å². The molecule has 0 unspecified atom stereocenters. The third kappa shape index (κ3) is 4.34. The Balaban J connectivity index is 1.98. The summed E-state index contributed by atoms with van der Waals surface area (Å²) in [5.41, 5.74) is 14.7. The summed E-state index contributed by atoms with van der Waals surface area (Å²) < 4.78 is 0. The summed E-state index contributed by atoms with van der Waals surface area (Å²) in [6.45, 7) is 2.54. The van der Waals surface area contributed by atoms with Gasteiger partial charge in [0, 0.05) is 11.3 Å². The lowest BCUT2D eigenvalue weighted by molar-refractivity contribution is 0.100. The topological polar surface area (TPSA) is 93.5 Å². The second-order valence-electron chi connectivity index (χ2n) is 4.94. The molecule has 0 heterocycles. The molecule has 0 saturated carbocycles. The zero-order valence-electron chi connectivity index (χ0n) is 12.5. The molecule has 1 amide bonds. The summed E-state index contributed by atoms with van der Waals surface area (Å²) in [5, 5.41) is 3.07. The average molecular weight is 296 g/mol. The highest BCUT2D eigenvalue weighted by atomic mass is 16.1. The highest BCUT2D eigenvalue weighted by Crippen LogP contribution is 2.11. The number of nitrogens with one attached hydrogen (secondary N) is 1. The third-order valence-electron chi connectivity index (χ3n) is 3.28. The van der Waals surface area contributed by atoms with Crippen molar-refractivity contribution >= 4 is 17.6 Å². The van der Waals surface area contributed by atoms with Gasteiger partial charge in [-0.15, -0.1) is 0 Å². The molecule has 2 rings (SSSR count). The van der Waals surface area contributed by atoms with E-state index in [0.29, 0.717) is 18.1 Å². The Bertz CT molecular complexity index is 677. The normalized spacial score (nSPS) is 11.2. The zero-order valence-corrected chi connectivity index (χ0v) is 12.5. The first-order valence-corrected chi connectivity index (χ1v) is 7.13. The number of carbonyl (C=O) groups excluding carboxylic acids is 1. The van der Waals surface area contributed by atoms with Crippen LogP contribution in [-0.2, 0) is 13.0 Å². The van der Waals surface area contributed by atoms with E-state index in [1.165, 1.54) is 5.56 Å². The second kappa shape index (κ2) is 7.26. The number of anilines is 1. The van der Waals surface area contributed by atoms with Gasteiger partial charge in [-0.2, -0.15) is 0 Å². The molecule has 5 N–H and O–H groups in total. The molecule has 0 bridgehead atoms. The average Bonchev–Trinajstić information content (AvgIpc) is 2.53. The maximum Gasteiger partial charge on any atom is 0.248 e. The van der Waals surface area contributed by atoms with E-state index in [1.807, 2.05) is 30.3 Å². The fourth-order valence-electron chi connectivity index (χ4n) is 2.01. The molecule has 0 aliphatic rings. The first kappa shape index (κ1) is 15.6. The van der Waals surface area contributed by atoms with E-state index < -0.39 is 5.91 Å². The minimum Gasteiger partial charge on any atom is -0.370 e. The number of guanidine groups is 1. The van der Waals surface area contributed by atoms with E-state index in [4.69, 9.17) is 11.5 Å². The quantitative estimate of drug-likeness (QED) is 0.583. The molecular formula is C17H20N4O. The molecule has 0 saturated heterocycles. The van der Waals surface area contributed by atoms with Crippen LogP contribution in [0.5, 0.6) is 0 Å². The lowest BCUT2D eigenvalue weighted by atomic mass is 10.1. The molecule has 0 atom stereocenters. The summed E-state index contributed by atoms with van der Waals surface area (Å²) in [5.74, 6) is -0.0840. The van der Waals surface area contributed by atoms with Gasteiger partial charge >= 0.3 is 0 Å². The first-order valence-electron chi connectivity index (χ1n) is 7.13. The van der Waals surface area contributed by atoms with Crippen molar-refractivity contribution in [2.45, 2.75) is 19.9 Å². The Kier molecular flexibility index (Phi) is 5.14. The highest BCUT2D eigenvalue weighted by molar-refractivity contribution is 5.93. The van der Waals surface area contributed by atoms with E-state index >= 15 is 0 Å². The van der Waals surface area contributed by atoms with Gasteiger partial charge in [0.05, 0.1) is 6.54 Å². The maximum atomic E-state index is 11.0. The number of benzene rings is 2. The number of hydrogen-bond acceptors (Lipinski definition) is 2. The molecule has 0 aromatic heterocycles. The first-order chi connectivity index (χ1) is 10.6. The van der Waals surface area contributed by atoms with E-state index in [9.17, 15) is 4.79 Å². The molecule has 2 aromatic carbocycles. The van der Waals surface area contributed by atoms with Crippen LogP contribution in [-0.4, -0.2) is 11.9 Å². The molecule has 0 fully saturated rings. The van der Waals surface area contributed by atoms with E-state index in [2.05, 4.69) is 23.3 Å². The smallest absolute Gasteiger partial charge is 0.248 e. The number of aryl methyl sites for hydroxylation is 1. The standard InChI is InChI=1S/C17H20N4O/c1-2-12-4-3-5-15(10-12)21-17(19)20-11-13-6-8-14(9-7-13)16(18)22/h3-10H,2,11H2,1H3,(H2,18,22)(H3,19,20,21). The minimum absolute atomic E-state index is 0.354. The van der Waals surface area contributed by atoms with Crippen molar-refractivity contribution < 1.29 is 4.79 Å². The third-order valence-corrected chi connectivity index (χ3v) is 3.28. The van der Waals surface area contributed by atoms with E-state index in [0.717, 1.165) is 17.7 Å². The maximum absolute atomic E-state index is 11.0. The highest BCUT2D eigenvalue weighted by Gasteiger charge is 2.00. The molecule has 114 valence electrons. The molecule has 5 heteroatoms. The van der Waals surface area contributed by atoms with Gasteiger partial charge in [-0.05, 0) is 41.8 Å². The fourth-order valence-corrected chi connectivity index (χ4v) is 2.01. The largest absolute Gasteiger partial charge is 0.370 e. The number of aliphatic imine (C=N–C) groups is 1. The van der Waals surface area contributed by atoms with Crippen molar-refractivity contribution in [2.75, 3.05) is 5.32 Å². The number of rotatable bonds is 5. The van der Waals surface area contributed by atoms with Crippen molar-refractivity contribution in [1.29, 1.82) is 0 Å². The van der Waals surface area contributed by atoms with Crippen molar-refractivity contribution in [3.63, 3.8) is 0 Å². The molecule has 5 nitrogen and oxygen atoms in total. The Morgan fingerprint density at radius 2 is 1.82 bits per heavy atom. The van der Waals surface area contributed by atoms with E-state index in [1.54, 1.807) is 12.1 Å². The fraction of sp³-hybridized carbons (Fsp3) is 0.176. The predicted octanol–water partition coefficient (Wildman–Crippen LogP) is 2.27. The number of amides is 1. The van der Waals surface area contributed by atoms with Crippen LogP contribution in [0.3, 0.4) is 0 Å². The zero-order chi connectivity index (χ0) is 15.9. The predicted molar refractivity (Wildman–Crippen MR) is 89.7 cm³/mol. The van der Waals surface area contributed by atoms with Crippen molar-refractivity contribution in [3.8, 4) is 0 Å². The molecule has 0 aliphatic carbocycles. The Hall–Kier alpha value is -2.82. The molecule has 0 spiro atoms. The Morgan fingerprint density at radius 3 is 2.45 bits per heavy atom. The van der Waals surface area contributed by atoms with Crippen LogP contribution < -0.4 is 16.8 Å². The van der Waals surface area contributed by atoms with Crippen LogP contribution in [0, 0.1) is 0 Å². The van der Waals surface area contributed by atoms with Gasteiger partial charge in [-0.1, -0.05) is 31.2 Å². The Morgan fingerprint density at radius 1 is 1.09 bits per heavy atom. The van der Waals surface area contributed by atoms with Gasteiger partial charge in [0.1, 0.15) is 0 Å². The molecule has 0 aliphatic heterocycles. The molecule has 2 aromatic rings. The summed E-state index contributed by atoms with van der Waals surface area (Å²) in [4.78, 5) is 15.3. The van der Waals surface area contributed by atoms with Gasteiger partial charge < -0.3 is 16.8 Å². The van der Waals surface area contributed by atoms with Crippen molar-refractivity contribution in [1.82, 2.24) is 0 Å². The molecular weight excluding hydrogens is 276 g/mol.